The minimum atomic E-state index is -0.150. The number of carbonyl (C=O) groups excluding carboxylic acids is 1. The van der Waals surface area contributed by atoms with Crippen molar-refractivity contribution in [3.8, 4) is 5.69 Å². The third-order valence-electron chi connectivity index (χ3n) is 3.45. The monoisotopic (exact) mass is 286 g/mol. The molecule has 1 amide bonds. The molecule has 21 heavy (non-hydrogen) atoms. The largest absolute Gasteiger partial charge is 0.347 e. The van der Waals surface area contributed by atoms with E-state index in [1.165, 1.54) is 0 Å². The van der Waals surface area contributed by atoms with Crippen LogP contribution in [0.25, 0.3) is 5.69 Å². The molecule has 0 aliphatic rings. The van der Waals surface area contributed by atoms with Gasteiger partial charge in [-0.2, -0.15) is 5.10 Å². The molecule has 0 fully saturated rings. The van der Waals surface area contributed by atoms with Crippen molar-refractivity contribution in [3.05, 3.63) is 48.3 Å². The number of hydrogen-bond acceptors (Lipinski definition) is 3. The van der Waals surface area contributed by atoms with Crippen molar-refractivity contribution >= 4 is 5.91 Å². The molecule has 0 aliphatic carbocycles. The van der Waals surface area contributed by atoms with Gasteiger partial charge in [0.2, 0.25) is 0 Å². The lowest BCUT2D eigenvalue weighted by Gasteiger charge is -2.30. The van der Waals surface area contributed by atoms with Crippen molar-refractivity contribution in [2.45, 2.75) is 26.8 Å². The van der Waals surface area contributed by atoms with Gasteiger partial charge in [0.15, 0.2) is 0 Å². The highest BCUT2D eigenvalue weighted by molar-refractivity contribution is 5.94. The number of aromatic nitrogens is 2. The summed E-state index contributed by atoms with van der Waals surface area (Å²) in [6.45, 7) is 6.57. The van der Waals surface area contributed by atoms with E-state index in [0.29, 0.717) is 12.1 Å². The number of nitrogens with one attached hydrogen (secondary N) is 1. The van der Waals surface area contributed by atoms with Gasteiger partial charge in [0.05, 0.1) is 17.4 Å². The predicted octanol–water partition coefficient (Wildman–Crippen LogP) is 1.98. The summed E-state index contributed by atoms with van der Waals surface area (Å²) < 4.78 is 1.68. The van der Waals surface area contributed by atoms with Crippen molar-refractivity contribution in [1.29, 1.82) is 0 Å². The second-order valence-corrected chi connectivity index (χ2v) is 6.14. The number of amides is 1. The fourth-order valence-corrected chi connectivity index (χ4v) is 2.03. The Kier molecular flexibility index (Phi) is 4.43. The van der Waals surface area contributed by atoms with Crippen LogP contribution in [0.2, 0.25) is 0 Å². The van der Waals surface area contributed by atoms with Crippen molar-refractivity contribution in [3.63, 3.8) is 0 Å². The molecule has 1 heterocycles. The lowest BCUT2D eigenvalue weighted by molar-refractivity contribution is 0.0905. The normalized spacial score (nSPS) is 13.0. The van der Waals surface area contributed by atoms with E-state index in [2.05, 4.69) is 31.2 Å². The summed E-state index contributed by atoms with van der Waals surface area (Å²) in [7, 11) is 0. The van der Waals surface area contributed by atoms with Crippen LogP contribution in [0.1, 0.15) is 31.1 Å². The summed E-state index contributed by atoms with van der Waals surface area (Å²) in [5.74, 6) is -0.150. The molecule has 0 bridgehead atoms. The molecule has 0 aliphatic heterocycles. The Morgan fingerprint density at radius 3 is 2.57 bits per heavy atom. The fraction of sp³-hybridized carbons (Fsp3) is 0.375. The van der Waals surface area contributed by atoms with Gasteiger partial charge in [-0.1, -0.05) is 39.0 Å². The molecule has 0 spiro atoms. The van der Waals surface area contributed by atoms with Crippen LogP contribution in [0.4, 0.5) is 0 Å². The quantitative estimate of drug-likeness (QED) is 0.902. The first kappa shape index (κ1) is 15.3. The van der Waals surface area contributed by atoms with Crippen molar-refractivity contribution in [2.75, 3.05) is 6.54 Å². The number of carbonyl (C=O) groups is 1. The predicted molar refractivity (Wildman–Crippen MR) is 83.3 cm³/mol. The summed E-state index contributed by atoms with van der Waals surface area (Å²) in [5.41, 5.74) is 7.11. The fourth-order valence-electron chi connectivity index (χ4n) is 2.03. The molecule has 5 heteroatoms. The molecule has 1 unspecified atom stereocenters. The van der Waals surface area contributed by atoms with Gasteiger partial charge in [-0.25, -0.2) is 4.68 Å². The van der Waals surface area contributed by atoms with E-state index >= 15 is 0 Å². The van der Waals surface area contributed by atoms with Gasteiger partial charge in [-0.05, 0) is 17.5 Å². The van der Waals surface area contributed by atoms with Gasteiger partial charge in [-0.15, -0.1) is 0 Å². The van der Waals surface area contributed by atoms with Crippen molar-refractivity contribution in [2.24, 2.45) is 11.1 Å². The Morgan fingerprint density at radius 2 is 2.00 bits per heavy atom. The van der Waals surface area contributed by atoms with Gasteiger partial charge in [0, 0.05) is 18.8 Å². The molecule has 2 rings (SSSR count). The number of rotatable bonds is 4. The Labute approximate surface area is 125 Å². The first-order chi connectivity index (χ1) is 9.91. The topological polar surface area (TPSA) is 72.9 Å². The number of nitrogens with zero attached hydrogens (tertiary/aromatic N) is 2. The van der Waals surface area contributed by atoms with Crippen LogP contribution < -0.4 is 11.1 Å². The lowest BCUT2D eigenvalue weighted by atomic mass is 9.86. The maximum Gasteiger partial charge on any atom is 0.254 e. The zero-order valence-electron chi connectivity index (χ0n) is 12.7. The van der Waals surface area contributed by atoms with Crippen LogP contribution in [-0.4, -0.2) is 28.3 Å². The summed E-state index contributed by atoms with van der Waals surface area (Å²) in [6, 6.07) is 9.60. The standard InChI is InChI=1S/C16H22N4O/c1-16(2,3)14(9-17)19-15(21)12-10-18-20(11-12)13-7-5-4-6-8-13/h4-8,10-11,14H,9,17H2,1-3H3,(H,19,21). The first-order valence-corrected chi connectivity index (χ1v) is 7.03. The van der Waals surface area contributed by atoms with Crippen LogP contribution in [-0.2, 0) is 0 Å². The molecule has 0 saturated heterocycles. The molecule has 5 nitrogen and oxygen atoms in total. The maximum atomic E-state index is 12.3. The number of hydrogen-bond donors (Lipinski definition) is 2. The highest BCUT2D eigenvalue weighted by Gasteiger charge is 2.25. The third-order valence-corrected chi connectivity index (χ3v) is 3.45. The Hall–Kier alpha value is -2.14. The average molecular weight is 286 g/mol. The van der Waals surface area contributed by atoms with Crippen molar-refractivity contribution < 1.29 is 4.79 Å². The van der Waals surface area contributed by atoms with Crippen LogP contribution in [0.3, 0.4) is 0 Å². The minimum Gasteiger partial charge on any atom is -0.347 e. The SMILES string of the molecule is CC(C)(C)C(CN)NC(=O)c1cnn(-c2ccccc2)c1. The number of nitrogens with two attached hydrogens (primary N) is 1. The maximum absolute atomic E-state index is 12.3. The second-order valence-electron chi connectivity index (χ2n) is 6.14. The van der Waals surface area contributed by atoms with Gasteiger partial charge in [0.1, 0.15) is 0 Å². The molecule has 2 aromatic rings. The van der Waals surface area contributed by atoms with Crippen LogP contribution in [0.15, 0.2) is 42.7 Å². The Morgan fingerprint density at radius 1 is 1.33 bits per heavy atom. The van der Waals surface area contributed by atoms with E-state index < -0.39 is 0 Å². The summed E-state index contributed by atoms with van der Waals surface area (Å²) in [5, 5.41) is 7.20. The molecule has 0 radical (unpaired) electrons. The first-order valence-electron chi connectivity index (χ1n) is 7.03. The molecule has 1 atom stereocenters. The summed E-state index contributed by atoms with van der Waals surface area (Å²) >= 11 is 0. The molecule has 1 aromatic heterocycles. The number of benzene rings is 1. The van der Waals surface area contributed by atoms with Gasteiger partial charge in [-0.3, -0.25) is 4.79 Å². The van der Waals surface area contributed by atoms with E-state index in [1.54, 1.807) is 17.1 Å². The Bertz CT molecular complexity index is 598. The van der Waals surface area contributed by atoms with E-state index in [4.69, 9.17) is 5.73 Å². The highest BCUT2D eigenvalue weighted by Crippen LogP contribution is 2.18. The zero-order chi connectivity index (χ0) is 15.5. The van der Waals surface area contributed by atoms with Gasteiger partial charge >= 0.3 is 0 Å². The highest BCUT2D eigenvalue weighted by atomic mass is 16.1. The van der Waals surface area contributed by atoms with Crippen LogP contribution in [0, 0.1) is 5.41 Å². The smallest absolute Gasteiger partial charge is 0.254 e. The summed E-state index contributed by atoms with van der Waals surface area (Å²) in [6.07, 6.45) is 3.29. The Balaban J connectivity index is 2.13. The lowest BCUT2D eigenvalue weighted by Crippen LogP contribution is -2.48. The van der Waals surface area contributed by atoms with Crippen LogP contribution in [0.5, 0.6) is 0 Å². The van der Waals surface area contributed by atoms with E-state index in [-0.39, 0.29) is 17.4 Å². The summed E-state index contributed by atoms with van der Waals surface area (Å²) in [4.78, 5) is 12.3. The molecular weight excluding hydrogens is 264 g/mol. The van der Waals surface area contributed by atoms with E-state index in [9.17, 15) is 4.79 Å². The van der Waals surface area contributed by atoms with Gasteiger partial charge < -0.3 is 11.1 Å². The second kappa shape index (κ2) is 6.10. The molecule has 1 aromatic carbocycles. The average Bonchev–Trinajstić information content (AvgIpc) is 2.94. The molecular formula is C16H22N4O. The van der Waals surface area contributed by atoms with Gasteiger partial charge in [0.25, 0.3) is 5.91 Å². The molecule has 112 valence electrons. The minimum absolute atomic E-state index is 0.0786. The molecule has 0 saturated carbocycles. The van der Waals surface area contributed by atoms with E-state index in [1.807, 2.05) is 30.3 Å². The third kappa shape index (κ3) is 3.70. The van der Waals surface area contributed by atoms with Crippen molar-refractivity contribution in [1.82, 2.24) is 15.1 Å². The molecule has 3 N–H and O–H groups in total. The van der Waals surface area contributed by atoms with E-state index in [0.717, 1.165) is 5.69 Å². The zero-order valence-corrected chi connectivity index (χ0v) is 12.7. The van der Waals surface area contributed by atoms with Crippen LogP contribution >= 0.6 is 0 Å². The number of para-hydroxylation sites is 1.